The van der Waals surface area contributed by atoms with Crippen molar-refractivity contribution in [2.24, 2.45) is 5.92 Å². The second-order valence-electron chi connectivity index (χ2n) is 26.2. The zero-order valence-corrected chi connectivity index (χ0v) is 71.2. The number of aliphatic hydroxyl groups is 1. The summed E-state index contributed by atoms with van der Waals surface area (Å²) in [6.07, 6.45) is 9.77. The van der Waals surface area contributed by atoms with Crippen LogP contribution in [0.5, 0.6) is 0 Å². The number of carboxylic acids is 1. The van der Waals surface area contributed by atoms with E-state index in [1.165, 1.54) is 186 Å². The maximum Gasteiger partial charge on any atom is 1.00 e. The van der Waals surface area contributed by atoms with E-state index in [1.807, 2.05) is 0 Å². The van der Waals surface area contributed by atoms with Crippen LogP contribution in [0.4, 0.5) is 26.3 Å². The molecule has 0 unspecified atom stereocenters. The van der Waals surface area contributed by atoms with Crippen LogP contribution >= 0.6 is 11.6 Å². The maximum atomic E-state index is 13.2. The number of carboxylic acid groups (broad SMARTS) is 1. The Bertz CT molecular complexity index is 4760. The number of nitrogens with zero attached hydrogens (tertiary/aromatic N) is 2. The van der Waals surface area contributed by atoms with Gasteiger partial charge in [0.1, 0.15) is 70.2 Å². The number of cyclic esters (lactones) is 4. The molecule has 3 N–H and O–H groups in total. The summed E-state index contributed by atoms with van der Waals surface area (Å²) in [4.78, 5) is 164. The fraction of sp³-hybridized carbons (Fsp3) is 0.326. The van der Waals surface area contributed by atoms with E-state index in [-0.39, 0.29) is 175 Å². The van der Waals surface area contributed by atoms with E-state index in [0.717, 1.165) is 12.7 Å². The molecule has 2 aliphatic heterocycles. The molecular formula is C92H110ClF6N2NaO24. The zero-order valence-electron chi connectivity index (χ0n) is 68.4. The Morgan fingerprint density at radius 3 is 1.17 bits per heavy atom. The number of rotatable bonds is 22. The van der Waals surface area contributed by atoms with Crippen LogP contribution in [0.2, 0.25) is 0 Å². The van der Waals surface area contributed by atoms with Gasteiger partial charge in [-0.15, -0.1) is 0 Å². The van der Waals surface area contributed by atoms with Crippen LogP contribution in [0.3, 0.4) is 0 Å². The molecule has 0 saturated carbocycles. The number of hydrogen-bond acceptors (Lipinski definition) is 25. The van der Waals surface area contributed by atoms with Gasteiger partial charge in [0.25, 0.3) is 11.6 Å². The number of halogens is 7. The largest absolute Gasteiger partial charge is 1.00 e. The van der Waals surface area contributed by atoms with Crippen LogP contribution in [-0.4, -0.2) is 174 Å². The Labute approximate surface area is 757 Å². The van der Waals surface area contributed by atoms with Crippen molar-refractivity contribution in [1.82, 2.24) is 9.80 Å². The molecule has 682 valence electrons. The molecule has 2 heterocycles. The van der Waals surface area contributed by atoms with Crippen LogP contribution in [0, 0.1) is 40.8 Å². The number of carbonyl (C=O) groups excluding carboxylic acids is 13. The fourth-order valence-electron chi connectivity index (χ4n) is 10.2. The summed E-state index contributed by atoms with van der Waals surface area (Å²) >= 11 is 5.12. The van der Waals surface area contributed by atoms with Gasteiger partial charge in [0.15, 0.2) is 17.3 Å². The molecule has 0 amide bonds. The van der Waals surface area contributed by atoms with Gasteiger partial charge in [-0.2, -0.15) is 0 Å². The van der Waals surface area contributed by atoms with Crippen LogP contribution < -0.4 is 29.6 Å². The molecule has 0 atom stereocenters. The van der Waals surface area contributed by atoms with Crippen LogP contribution in [0.15, 0.2) is 199 Å². The molecule has 2 saturated heterocycles. The van der Waals surface area contributed by atoms with E-state index < -0.39 is 105 Å². The van der Waals surface area contributed by atoms with Gasteiger partial charge in [-0.1, -0.05) is 134 Å². The number of Topliss-reactive ketones (excluding diaryl/α,β-unsaturated/α-hetero) is 5. The second-order valence-corrected chi connectivity index (χ2v) is 26.6. The number of benzene rings is 6. The minimum Gasteiger partial charge on any atom is -0.870 e. The van der Waals surface area contributed by atoms with Crippen molar-refractivity contribution in [3.05, 3.63) is 267 Å². The minimum atomic E-state index is -1.58. The molecule has 4 aliphatic rings. The van der Waals surface area contributed by atoms with Gasteiger partial charge in [-0.25, -0.2) is 40.7 Å². The average Bonchev–Trinajstić information content (AvgIpc) is 0.737. The standard InChI is InChI=1S/C18H23FN2O3.C15H13FO3.C14H13FO5.C13H9FO3.C12H13FO3.C8H6ClFO.C6H8O4.CH4O.5CH4.Na.H2O/c1-6-24-18(23)16(12-21(4)5)17(22)15(11-20(2)3)13-7-9-14(19)10-8-13;1-2-19-15(18)13-5-3-4-12(14(13)17)10-6-8-11(16)9-7-10;1-14(2)19-12(17)11(13(18)20-14)10(16)7-8-3-5-9(15)6-4-8;14-9-6-4-8(5-7-9)10-2-1-3-11(12(10)15)13(16)17;1-2-16-12(15)8-11(14)7-9-3-5-10(13)6-4-9;9-8(11)5-6-1-3-7(10)4-2-6;1-6(2)9-4(7)3-5(8)10-6;1-2;;;;;;;/h7-12H,6H2,1-5H3;4-9H,2-3H2,1H3;3-6,11H,7H2,1-2H3;2-7H,1H2,(H,16,17);3-6H,2,7-8H2,1H3;1-4H,5H2;3H2,1-2H3;2H,1H3;5*1H4;;1H2/q;;;;;;;;;;;;;+1;/p-1/b15-11+,16-12-;;;;;;;;;;;;;;. The Morgan fingerprint density at radius 1 is 0.476 bits per heavy atom. The van der Waals surface area contributed by atoms with Crippen LogP contribution in [-0.2, 0) is 120 Å². The third kappa shape index (κ3) is 44.0. The zero-order chi connectivity index (χ0) is 89.4. The van der Waals surface area contributed by atoms with E-state index >= 15 is 0 Å². The first kappa shape index (κ1) is 122. The molecule has 0 aromatic heterocycles. The Kier molecular flexibility index (Phi) is 59.6. The van der Waals surface area contributed by atoms with Crippen molar-refractivity contribution in [3.63, 3.8) is 0 Å². The number of ketones is 5. The summed E-state index contributed by atoms with van der Waals surface area (Å²) in [7, 11) is 7.94. The molecule has 2 fully saturated rings. The van der Waals surface area contributed by atoms with E-state index in [2.05, 4.69) is 14.2 Å². The number of esters is 7. The number of aliphatic hydroxyl groups excluding tert-OH is 1. The fourth-order valence-corrected chi connectivity index (χ4v) is 10.4. The third-order valence-electron chi connectivity index (χ3n) is 15.2. The molecular weight excluding hydrogens is 1690 g/mol. The molecule has 0 bridgehead atoms. The number of ether oxygens (including phenoxy) is 7. The van der Waals surface area contributed by atoms with E-state index in [0.29, 0.717) is 51.8 Å². The monoisotopic (exact) mass is 1800 g/mol. The maximum absolute atomic E-state index is 13.2. The smallest absolute Gasteiger partial charge is 0.870 e. The van der Waals surface area contributed by atoms with Crippen LogP contribution in [0.25, 0.3) is 16.7 Å². The summed E-state index contributed by atoms with van der Waals surface area (Å²) in [6, 6.07) is 33.1. The van der Waals surface area contributed by atoms with Crippen molar-refractivity contribution in [3.8, 4) is 0 Å². The van der Waals surface area contributed by atoms with Crippen LogP contribution in [0.1, 0.15) is 145 Å². The molecule has 10 rings (SSSR count). The quantitative estimate of drug-likeness (QED) is 0.00931. The molecule has 6 aromatic rings. The molecule has 0 radical (unpaired) electrons. The van der Waals surface area contributed by atoms with Crippen molar-refractivity contribution >= 4 is 110 Å². The second kappa shape index (κ2) is 61.3. The Morgan fingerprint density at radius 2 is 0.817 bits per heavy atom. The predicted molar refractivity (Wildman–Crippen MR) is 457 cm³/mol. The summed E-state index contributed by atoms with van der Waals surface area (Å²) in [5, 5.41) is 15.4. The first-order chi connectivity index (χ1) is 56.1. The molecule has 2 aliphatic carbocycles. The van der Waals surface area contributed by atoms with Crippen molar-refractivity contribution in [1.29, 1.82) is 0 Å². The molecule has 26 nitrogen and oxygen atoms in total. The first-order valence-corrected chi connectivity index (χ1v) is 36.5. The topological polar surface area (TPSA) is 381 Å². The summed E-state index contributed by atoms with van der Waals surface area (Å²) in [5.74, 6) is -14.5. The predicted octanol–water partition coefficient (Wildman–Crippen LogP) is 12.4. The number of carbonyl (C=O) groups is 14. The van der Waals surface area contributed by atoms with E-state index in [4.69, 9.17) is 40.8 Å². The molecule has 0 spiro atoms. The van der Waals surface area contributed by atoms with Gasteiger partial charge in [0, 0.05) is 111 Å². The Balaban J connectivity index is -0.000000452. The summed E-state index contributed by atoms with van der Waals surface area (Å²) in [5.41, 5.74) is 4.30. The van der Waals surface area contributed by atoms with E-state index in [9.17, 15) is 93.5 Å². The number of aliphatic carboxylic acids is 1. The van der Waals surface area contributed by atoms with Gasteiger partial charge in [-0.3, -0.25) is 52.7 Å². The Hall–Kier alpha value is -12.1. The van der Waals surface area contributed by atoms with Gasteiger partial charge in [0.05, 0.1) is 19.8 Å². The van der Waals surface area contributed by atoms with Gasteiger partial charge >= 0.3 is 77.3 Å². The molecule has 126 heavy (non-hydrogen) atoms. The van der Waals surface area contributed by atoms with Gasteiger partial charge < -0.3 is 58.6 Å². The van der Waals surface area contributed by atoms with Crippen molar-refractivity contribution in [2.45, 2.75) is 142 Å². The van der Waals surface area contributed by atoms with Crippen molar-refractivity contribution < 1.29 is 172 Å². The number of allylic oxidation sites excluding steroid dienone is 7. The molecule has 34 heteroatoms. The van der Waals surface area contributed by atoms with Gasteiger partial charge in [-0.05, 0) is 151 Å². The summed E-state index contributed by atoms with van der Waals surface area (Å²) < 4.78 is 110. The summed E-state index contributed by atoms with van der Waals surface area (Å²) in [6.45, 7) is 11.5. The SMILES string of the molecule is C.C.C.C.C.CC1(C)OC(=O)C(C(=O)Cc2ccc(F)cc2)C(=O)O1.CC1(C)OC(=O)CC(=O)O1.CCOC(=O)/C(=C\N(C)C)C(=O)/C(=C/N(C)C)c1ccc(F)cc1.CCOC(=O)C1=CCC=C(c2ccc(F)cc2)C1=O.CCOC(=O)CC(=O)Cc1ccc(F)cc1.CO.O=C(Cl)Cc1ccc(F)cc1.O=C(O)C1=CCC=C(c2ccc(F)cc2)C1=O.[Na+].[OH-]. The molecule has 6 aromatic carbocycles. The normalized spacial score (nSPS) is 13.5. The minimum absolute atomic E-state index is 0. The first-order valence-electron chi connectivity index (χ1n) is 36.1. The number of hydrogen-bond donors (Lipinski definition) is 2. The van der Waals surface area contributed by atoms with Crippen molar-refractivity contribution in [2.75, 3.05) is 55.1 Å². The van der Waals surface area contributed by atoms with Gasteiger partial charge in [0.2, 0.25) is 16.9 Å². The average molecular weight is 1800 g/mol. The third-order valence-corrected chi connectivity index (χ3v) is 15.4. The van der Waals surface area contributed by atoms with E-state index in [1.54, 1.807) is 83.2 Å².